The first-order chi connectivity index (χ1) is 9.95. The Labute approximate surface area is 122 Å². The van der Waals surface area contributed by atoms with Crippen molar-refractivity contribution >= 4 is 12.0 Å². The number of hydrogen-bond donors (Lipinski definition) is 0. The van der Waals surface area contributed by atoms with E-state index in [1.807, 2.05) is 0 Å². The van der Waals surface area contributed by atoms with E-state index in [0.717, 1.165) is 0 Å². The molecule has 1 aromatic rings. The Morgan fingerprint density at radius 1 is 1.29 bits per heavy atom. The highest BCUT2D eigenvalue weighted by Crippen LogP contribution is 2.32. The second-order valence-electron chi connectivity index (χ2n) is 4.76. The first-order valence-electron chi connectivity index (χ1n) is 6.59. The maximum Gasteiger partial charge on any atom is 0.337 e. The fourth-order valence-corrected chi connectivity index (χ4v) is 2.33. The number of likely N-dealkylation sites (N-methyl/N-ethyl adjacent to an activating group) is 1. The first kappa shape index (κ1) is 15.0. The normalized spacial score (nSPS) is 18.6. The topological polar surface area (TPSA) is 49.9 Å². The molecule has 1 heterocycles. The standard InChI is InChI=1S/C15H17FN2O3/c1-4-21-14(19)12-9-17(2)15(20)18(3)13(12)10-5-7-11(16)8-6-10/h5-9,13H,4H2,1-3H3. The van der Waals surface area contributed by atoms with Crippen molar-refractivity contribution in [2.75, 3.05) is 20.7 Å². The number of nitrogens with zero attached hydrogens (tertiary/aromatic N) is 2. The Morgan fingerprint density at radius 3 is 2.48 bits per heavy atom. The summed E-state index contributed by atoms with van der Waals surface area (Å²) in [5.41, 5.74) is 0.993. The van der Waals surface area contributed by atoms with Gasteiger partial charge < -0.3 is 14.5 Å². The van der Waals surface area contributed by atoms with E-state index in [1.54, 1.807) is 33.2 Å². The largest absolute Gasteiger partial charge is 0.463 e. The molecule has 0 bridgehead atoms. The van der Waals surface area contributed by atoms with Gasteiger partial charge in [0.05, 0.1) is 18.2 Å². The molecule has 0 spiro atoms. The van der Waals surface area contributed by atoms with Crippen LogP contribution in [0.3, 0.4) is 0 Å². The predicted octanol–water partition coefficient (Wildman–Crippen LogP) is 2.31. The van der Waals surface area contributed by atoms with Crippen LogP contribution >= 0.6 is 0 Å². The molecule has 2 amide bonds. The van der Waals surface area contributed by atoms with Crippen molar-refractivity contribution < 1.29 is 18.7 Å². The fraction of sp³-hybridized carbons (Fsp3) is 0.333. The zero-order valence-electron chi connectivity index (χ0n) is 12.2. The zero-order chi connectivity index (χ0) is 15.6. The molecule has 1 unspecified atom stereocenters. The van der Waals surface area contributed by atoms with Crippen molar-refractivity contribution in [1.29, 1.82) is 0 Å². The number of rotatable bonds is 3. The van der Waals surface area contributed by atoms with Crippen LogP contribution in [-0.2, 0) is 9.53 Å². The number of carbonyl (C=O) groups is 2. The second kappa shape index (κ2) is 5.95. The number of benzene rings is 1. The summed E-state index contributed by atoms with van der Waals surface area (Å²) < 4.78 is 18.1. The molecule has 0 aromatic heterocycles. The minimum absolute atomic E-state index is 0.244. The van der Waals surface area contributed by atoms with E-state index < -0.39 is 12.0 Å². The smallest absolute Gasteiger partial charge is 0.337 e. The molecule has 0 radical (unpaired) electrons. The van der Waals surface area contributed by atoms with Crippen LogP contribution in [0.25, 0.3) is 0 Å². The van der Waals surface area contributed by atoms with E-state index in [9.17, 15) is 14.0 Å². The lowest BCUT2D eigenvalue weighted by Crippen LogP contribution is -2.45. The maximum atomic E-state index is 13.1. The number of halogens is 1. The van der Waals surface area contributed by atoms with Gasteiger partial charge in [-0.1, -0.05) is 12.1 Å². The van der Waals surface area contributed by atoms with Crippen molar-refractivity contribution in [3.05, 3.63) is 47.4 Å². The number of amides is 2. The molecule has 0 aliphatic carbocycles. The molecular weight excluding hydrogens is 275 g/mol. The quantitative estimate of drug-likeness (QED) is 0.803. The van der Waals surface area contributed by atoms with Gasteiger partial charge in [0.1, 0.15) is 5.82 Å². The summed E-state index contributed by atoms with van der Waals surface area (Å²) in [6.45, 7) is 1.96. The Bertz CT molecular complexity index is 583. The van der Waals surface area contributed by atoms with Crippen LogP contribution in [0.5, 0.6) is 0 Å². The minimum Gasteiger partial charge on any atom is -0.463 e. The lowest BCUT2D eigenvalue weighted by Gasteiger charge is -2.36. The summed E-state index contributed by atoms with van der Waals surface area (Å²) in [6.07, 6.45) is 1.47. The molecule has 0 fully saturated rings. The van der Waals surface area contributed by atoms with Crippen LogP contribution in [0.4, 0.5) is 9.18 Å². The number of esters is 1. The van der Waals surface area contributed by atoms with Crippen LogP contribution in [0.1, 0.15) is 18.5 Å². The number of urea groups is 1. The van der Waals surface area contributed by atoms with Gasteiger partial charge in [-0.2, -0.15) is 0 Å². The molecular formula is C15H17FN2O3. The lowest BCUT2D eigenvalue weighted by atomic mass is 9.96. The summed E-state index contributed by atoms with van der Waals surface area (Å²) in [4.78, 5) is 27.0. The van der Waals surface area contributed by atoms with Gasteiger partial charge in [-0.3, -0.25) is 0 Å². The third-order valence-corrected chi connectivity index (χ3v) is 3.31. The molecule has 1 aromatic carbocycles. The average Bonchev–Trinajstić information content (AvgIpc) is 2.46. The van der Waals surface area contributed by atoms with Crippen molar-refractivity contribution in [3.8, 4) is 0 Å². The van der Waals surface area contributed by atoms with Crippen molar-refractivity contribution in [1.82, 2.24) is 9.80 Å². The number of carbonyl (C=O) groups excluding carboxylic acids is 2. The number of ether oxygens (including phenoxy) is 1. The van der Waals surface area contributed by atoms with Crippen LogP contribution in [0, 0.1) is 5.82 Å². The summed E-state index contributed by atoms with van der Waals surface area (Å²) in [5, 5.41) is 0. The second-order valence-corrected chi connectivity index (χ2v) is 4.76. The Morgan fingerprint density at radius 2 is 1.90 bits per heavy atom. The molecule has 1 aliphatic heterocycles. The maximum absolute atomic E-state index is 13.1. The van der Waals surface area contributed by atoms with E-state index in [1.165, 1.54) is 28.1 Å². The monoisotopic (exact) mass is 292 g/mol. The van der Waals surface area contributed by atoms with Crippen molar-refractivity contribution in [2.45, 2.75) is 13.0 Å². The highest BCUT2D eigenvalue weighted by Gasteiger charge is 2.35. The fourth-order valence-electron chi connectivity index (χ4n) is 2.33. The van der Waals surface area contributed by atoms with Gasteiger partial charge in [0.25, 0.3) is 0 Å². The molecule has 6 heteroatoms. The third-order valence-electron chi connectivity index (χ3n) is 3.31. The summed E-state index contributed by atoms with van der Waals surface area (Å²) in [7, 11) is 3.16. The molecule has 112 valence electrons. The summed E-state index contributed by atoms with van der Waals surface area (Å²) >= 11 is 0. The van der Waals surface area contributed by atoms with Crippen molar-refractivity contribution in [2.24, 2.45) is 0 Å². The summed E-state index contributed by atoms with van der Waals surface area (Å²) in [5.74, 6) is -0.861. The van der Waals surface area contributed by atoms with Gasteiger partial charge in [-0.05, 0) is 24.6 Å². The Hall–Kier alpha value is -2.37. The zero-order valence-corrected chi connectivity index (χ0v) is 12.2. The molecule has 0 saturated carbocycles. The molecule has 1 atom stereocenters. The van der Waals surface area contributed by atoms with Gasteiger partial charge >= 0.3 is 12.0 Å². The highest BCUT2D eigenvalue weighted by atomic mass is 19.1. The predicted molar refractivity (Wildman–Crippen MR) is 74.8 cm³/mol. The van der Waals surface area contributed by atoms with E-state index in [4.69, 9.17) is 4.74 Å². The van der Waals surface area contributed by atoms with Gasteiger partial charge in [0.2, 0.25) is 0 Å². The molecule has 0 N–H and O–H groups in total. The van der Waals surface area contributed by atoms with Crippen LogP contribution in [-0.4, -0.2) is 42.5 Å². The van der Waals surface area contributed by atoms with E-state index >= 15 is 0 Å². The van der Waals surface area contributed by atoms with Crippen LogP contribution in [0.15, 0.2) is 36.0 Å². The Kier molecular flexibility index (Phi) is 4.26. The molecule has 1 aliphatic rings. The van der Waals surface area contributed by atoms with Gasteiger partial charge in [-0.15, -0.1) is 0 Å². The van der Waals surface area contributed by atoms with Crippen LogP contribution < -0.4 is 0 Å². The summed E-state index contributed by atoms with van der Waals surface area (Å²) in [6, 6.07) is 4.87. The third kappa shape index (κ3) is 2.89. The molecule has 21 heavy (non-hydrogen) atoms. The first-order valence-corrected chi connectivity index (χ1v) is 6.59. The van der Waals surface area contributed by atoms with Gasteiger partial charge in [0.15, 0.2) is 0 Å². The highest BCUT2D eigenvalue weighted by molar-refractivity contribution is 5.93. The van der Waals surface area contributed by atoms with Gasteiger partial charge in [0, 0.05) is 20.3 Å². The molecule has 0 saturated heterocycles. The molecule has 5 nitrogen and oxygen atoms in total. The van der Waals surface area contributed by atoms with Crippen molar-refractivity contribution in [3.63, 3.8) is 0 Å². The van der Waals surface area contributed by atoms with E-state index in [0.29, 0.717) is 11.1 Å². The average molecular weight is 292 g/mol. The lowest BCUT2D eigenvalue weighted by molar-refractivity contribution is -0.139. The SMILES string of the molecule is CCOC(=O)C1=CN(C)C(=O)N(C)C1c1ccc(F)cc1. The van der Waals surface area contributed by atoms with E-state index in [2.05, 4.69) is 0 Å². The van der Waals surface area contributed by atoms with Crippen LogP contribution in [0.2, 0.25) is 0 Å². The molecule has 2 rings (SSSR count). The minimum atomic E-state index is -0.589. The number of hydrogen-bond acceptors (Lipinski definition) is 3. The van der Waals surface area contributed by atoms with E-state index in [-0.39, 0.29) is 18.5 Å². The Balaban J connectivity index is 2.46. The van der Waals surface area contributed by atoms with Gasteiger partial charge in [-0.25, -0.2) is 14.0 Å².